The summed E-state index contributed by atoms with van der Waals surface area (Å²) in [5.74, 6) is -0.522. The second kappa shape index (κ2) is 5.96. The minimum atomic E-state index is -1.07. The van der Waals surface area contributed by atoms with Crippen molar-refractivity contribution in [3.05, 3.63) is 23.7 Å². The standard InChI is InChI=1S/C13H18N2O5/c1-8(10-3-4-11(20-10)12(16)17)15-6-5-9(7-15)14-13(18)19-2/h3-4,8-9H,5-7H2,1-2H3,(H,14,18)(H,16,17). The van der Waals surface area contributed by atoms with Crippen molar-refractivity contribution < 1.29 is 23.8 Å². The lowest BCUT2D eigenvalue weighted by Gasteiger charge is -2.22. The van der Waals surface area contributed by atoms with E-state index >= 15 is 0 Å². The number of ether oxygens (including phenoxy) is 1. The number of carbonyl (C=O) groups is 2. The van der Waals surface area contributed by atoms with E-state index in [1.165, 1.54) is 13.2 Å². The van der Waals surface area contributed by atoms with E-state index < -0.39 is 12.1 Å². The van der Waals surface area contributed by atoms with Gasteiger partial charge in [0.05, 0.1) is 13.2 Å². The van der Waals surface area contributed by atoms with Crippen LogP contribution in [0.2, 0.25) is 0 Å². The monoisotopic (exact) mass is 282 g/mol. The van der Waals surface area contributed by atoms with Crippen LogP contribution in [-0.2, 0) is 4.74 Å². The molecule has 2 unspecified atom stereocenters. The number of rotatable bonds is 4. The van der Waals surface area contributed by atoms with Crippen LogP contribution in [0, 0.1) is 0 Å². The van der Waals surface area contributed by atoms with Crippen LogP contribution in [0.25, 0.3) is 0 Å². The Labute approximate surface area is 116 Å². The largest absolute Gasteiger partial charge is 0.475 e. The van der Waals surface area contributed by atoms with Gasteiger partial charge in [0.25, 0.3) is 0 Å². The maximum absolute atomic E-state index is 11.2. The van der Waals surface area contributed by atoms with Gasteiger partial charge in [-0.2, -0.15) is 0 Å². The van der Waals surface area contributed by atoms with Crippen molar-refractivity contribution in [2.45, 2.75) is 25.4 Å². The first-order valence-corrected chi connectivity index (χ1v) is 6.43. The zero-order valence-electron chi connectivity index (χ0n) is 11.5. The second-order valence-electron chi connectivity index (χ2n) is 4.80. The molecule has 2 rings (SSSR count). The number of furan rings is 1. The zero-order chi connectivity index (χ0) is 14.7. The molecule has 1 aromatic rings. The van der Waals surface area contributed by atoms with Crippen molar-refractivity contribution in [3.8, 4) is 0 Å². The summed E-state index contributed by atoms with van der Waals surface area (Å²) in [6.45, 7) is 3.43. The number of carbonyl (C=O) groups excluding carboxylic acids is 1. The Morgan fingerprint density at radius 3 is 2.90 bits per heavy atom. The zero-order valence-corrected chi connectivity index (χ0v) is 11.5. The number of carboxylic acid groups (broad SMARTS) is 1. The lowest BCUT2D eigenvalue weighted by molar-refractivity contribution is 0.0656. The molecule has 1 aromatic heterocycles. The number of nitrogens with one attached hydrogen (secondary N) is 1. The van der Waals surface area contributed by atoms with Crippen molar-refractivity contribution in [2.24, 2.45) is 0 Å². The van der Waals surface area contributed by atoms with Crippen molar-refractivity contribution >= 4 is 12.1 Å². The summed E-state index contributed by atoms with van der Waals surface area (Å²) in [4.78, 5) is 24.1. The van der Waals surface area contributed by atoms with E-state index in [4.69, 9.17) is 9.52 Å². The molecule has 0 spiro atoms. The van der Waals surface area contributed by atoms with Gasteiger partial charge in [0.1, 0.15) is 5.76 Å². The molecule has 2 heterocycles. The molecule has 7 nitrogen and oxygen atoms in total. The molecular weight excluding hydrogens is 264 g/mol. The molecule has 0 aliphatic carbocycles. The van der Waals surface area contributed by atoms with Crippen LogP contribution in [0.3, 0.4) is 0 Å². The van der Waals surface area contributed by atoms with Crippen LogP contribution < -0.4 is 5.32 Å². The van der Waals surface area contributed by atoms with Gasteiger partial charge in [-0.25, -0.2) is 9.59 Å². The fraction of sp³-hybridized carbons (Fsp3) is 0.538. The molecular formula is C13H18N2O5. The summed E-state index contributed by atoms with van der Waals surface area (Å²) < 4.78 is 9.87. The summed E-state index contributed by atoms with van der Waals surface area (Å²) >= 11 is 0. The van der Waals surface area contributed by atoms with E-state index in [-0.39, 0.29) is 17.8 Å². The number of methoxy groups -OCH3 is 1. The number of hydrogen-bond acceptors (Lipinski definition) is 5. The third-order valence-corrected chi connectivity index (χ3v) is 3.52. The van der Waals surface area contributed by atoms with E-state index in [2.05, 4.69) is 15.0 Å². The Hall–Kier alpha value is -2.02. The number of alkyl carbamates (subject to hydrolysis) is 1. The molecule has 1 aliphatic rings. The smallest absolute Gasteiger partial charge is 0.407 e. The Bertz CT molecular complexity index is 499. The molecule has 20 heavy (non-hydrogen) atoms. The van der Waals surface area contributed by atoms with Crippen molar-refractivity contribution in [1.29, 1.82) is 0 Å². The summed E-state index contributed by atoms with van der Waals surface area (Å²) in [5.41, 5.74) is 0. The third kappa shape index (κ3) is 3.11. The van der Waals surface area contributed by atoms with Gasteiger partial charge in [-0.05, 0) is 25.5 Å². The minimum absolute atomic E-state index is 0.0347. The highest BCUT2D eigenvalue weighted by atomic mass is 16.5. The number of carboxylic acids is 1. The fourth-order valence-electron chi connectivity index (χ4n) is 2.35. The number of likely N-dealkylation sites (tertiary alicyclic amines) is 1. The molecule has 2 atom stereocenters. The molecule has 0 bridgehead atoms. The average Bonchev–Trinajstić information content (AvgIpc) is 3.06. The van der Waals surface area contributed by atoms with Crippen LogP contribution in [0.1, 0.15) is 35.7 Å². The SMILES string of the molecule is COC(=O)NC1CCN(C(C)c2ccc(C(=O)O)o2)C1. The van der Waals surface area contributed by atoms with E-state index in [9.17, 15) is 9.59 Å². The molecule has 1 fully saturated rings. The second-order valence-corrected chi connectivity index (χ2v) is 4.80. The molecule has 0 radical (unpaired) electrons. The van der Waals surface area contributed by atoms with Crippen LogP contribution in [-0.4, -0.2) is 48.3 Å². The van der Waals surface area contributed by atoms with Gasteiger partial charge < -0.3 is 19.6 Å². The maximum Gasteiger partial charge on any atom is 0.407 e. The van der Waals surface area contributed by atoms with Gasteiger partial charge in [0.15, 0.2) is 0 Å². The number of aromatic carboxylic acids is 1. The quantitative estimate of drug-likeness (QED) is 0.868. The molecule has 1 aliphatic heterocycles. The highest BCUT2D eigenvalue weighted by Crippen LogP contribution is 2.26. The number of nitrogens with zero attached hydrogens (tertiary/aromatic N) is 1. The van der Waals surface area contributed by atoms with E-state index in [0.717, 1.165) is 13.0 Å². The summed E-state index contributed by atoms with van der Waals surface area (Å²) in [6.07, 6.45) is 0.391. The highest BCUT2D eigenvalue weighted by molar-refractivity contribution is 5.84. The summed E-state index contributed by atoms with van der Waals surface area (Å²) in [6, 6.07) is 3.13. The van der Waals surface area contributed by atoms with Gasteiger partial charge in [-0.15, -0.1) is 0 Å². The highest BCUT2D eigenvalue weighted by Gasteiger charge is 2.29. The molecule has 0 aromatic carbocycles. The lowest BCUT2D eigenvalue weighted by atomic mass is 10.2. The third-order valence-electron chi connectivity index (χ3n) is 3.52. The number of hydrogen-bond donors (Lipinski definition) is 2. The summed E-state index contributed by atoms with van der Waals surface area (Å²) in [7, 11) is 1.33. The lowest BCUT2D eigenvalue weighted by Crippen LogP contribution is -2.37. The van der Waals surface area contributed by atoms with Crippen molar-refractivity contribution in [3.63, 3.8) is 0 Å². The van der Waals surface area contributed by atoms with Gasteiger partial charge in [-0.1, -0.05) is 0 Å². The molecule has 0 saturated carbocycles. The first-order valence-electron chi connectivity index (χ1n) is 6.43. The predicted molar refractivity (Wildman–Crippen MR) is 69.6 cm³/mol. The fourth-order valence-corrected chi connectivity index (χ4v) is 2.35. The maximum atomic E-state index is 11.2. The van der Waals surface area contributed by atoms with Gasteiger partial charge in [0.2, 0.25) is 5.76 Å². The van der Waals surface area contributed by atoms with Gasteiger partial charge in [0, 0.05) is 19.1 Å². The van der Waals surface area contributed by atoms with Crippen LogP contribution >= 0.6 is 0 Å². The van der Waals surface area contributed by atoms with Crippen molar-refractivity contribution in [1.82, 2.24) is 10.2 Å². The van der Waals surface area contributed by atoms with Crippen LogP contribution in [0.5, 0.6) is 0 Å². The summed E-state index contributed by atoms with van der Waals surface area (Å²) in [5, 5.41) is 11.6. The van der Waals surface area contributed by atoms with E-state index in [1.54, 1.807) is 6.07 Å². The Kier molecular flexibility index (Phi) is 4.29. The molecule has 7 heteroatoms. The average molecular weight is 282 g/mol. The van der Waals surface area contributed by atoms with E-state index in [1.807, 2.05) is 6.92 Å². The minimum Gasteiger partial charge on any atom is -0.475 e. The topological polar surface area (TPSA) is 92.0 Å². The molecule has 1 amide bonds. The van der Waals surface area contributed by atoms with Gasteiger partial charge >= 0.3 is 12.1 Å². The predicted octanol–water partition coefficient (Wildman–Crippen LogP) is 1.47. The Morgan fingerprint density at radius 2 is 2.30 bits per heavy atom. The van der Waals surface area contributed by atoms with Crippen LogP contribution in [0.15, 0.2) is 16.5 Å². The Morgan fingerprint density at radius 1 is 1.55 bits per heavy atom. The van der Waals surface area contributed by atoms with Crippen LogP contribution in [0.4, 0.5) is 4.79 Å². The molecule has 110 valence electrons. The van der Waals surface area contributed by atoms with Gasteiger partial charge in [-0.3, -0.25) is 4.90 Å². The number of amides is 1. The van der Waals surface area contributed by atoms with Crippen molar-refractivity contribution in [2.75, 3.05) is 20.2 Å². The first-order chi connectivity index (χ1) is 9.51. The first kappa shape index (κ1) is 14.4. The Balaban J connectivity index is 1.94. The molecule has 1 saturated heterocycles. The normalized spacial score (nSPS) is 20.6. The molecule has 2 N–H and O–H groups in total. The van der Waals surface area contributed by atoms with E-state index in [0.29, 0.717) is 12.3 Å².